The van der Waals surface area contributed by atoms with Crippen molar-refractivity contribution in [2.45, 2.75) is 9.92 Å². The van der Waals surface area contributed by atoms with Gasteiger partial charge in [-0.15, -0.1) is 0 Å². The van der Waals surface area contributed by atoms with Gasteiger partial charge in [0.25, 0.3) is 0 Å². The minimum absolute atomic E-state index is 0.666. The van der Waals surface area contributed by atoms with E-state index in [4.69, 9.17) is 9.47 Å². The Labute approximate surface area is 127 Å². The molecule has 3 rings (SSSR count). The molecule has 21 heavy (non-hydrogen) atoms. The van der Waals surface area contributed by atoms with Crippen molar-refractivity contribution in [3.8, 4) is 11.5 Å². The Balaban J connectivity index is 2.10. The quantitative estimate of drug-likeness (QED) is 0.685. The van der Waals surface area contributed by atoms with E-state index in [1.54, 1.807) is 32.3 Å². The molecule has 4 nitrogen and oxygen atoms in total. The minimum Gasteiger partial charge on any atom is -0.493 e. The van der Waals surface area contributed by atoms with Crippen molar-refractivity contribution in [3.63, 3.8) is 0 Å². The molecular formula is C16H14N2O2S. The van der Waals surface area contributed by atoms with Crippen LogP contribution in [-0.4, -0.2) is 24.2 Å². The van der Waals surface area contributed by atoms with Crippen LogP contribution < -0.4 is 9.47 Å². The highest BCUT2D eigenvalue weighted by atomic mass is 32.2. The molecule has 106 valence electrons. The van der Waals surface area contributed by atoms with Crippen molar-refractivity contribution in [2.24, 2.45) is 0 Å². The molecular weight excluding hydrogens is 284 g/mol. The SMILES string of the molecule is COc1cc2ncnc(Sc3ccccc3)c2cc1OC. The molecule has 0 amide bonds. The molecule has 0 aliphatic rings. The number of hydrogen-bond acceptors (Lipinski definition) is 5. The summed E-state index contributed by atoms with van der Waals surface area (Å²) < 4.78 is 10.7. The molecule has 2 aromatic carbocycles. The molecule has 0 N–H and O–H groups in total. The Hall–Kier alpha value is -2.27. The maximum Gasteiger partial charge on any atom is 0.162 e. The minimum atomic E-state index is 0.666. The van der Waals surface area contributed by atoms with Crippen LogP contribution in [0.4, 0.5) is 0 Å². The molecule has 1 heterocycles. The second-order valence-corrected chi connectivity index (χ2v) is 5.38. The Kier molecular flexibility index (Phi) is 3.92. The van der Waals surface area contributed by atoms with Crippen LogP contribution in [-0.2, 0) is 0 Å². The van der Waals surface area contributed by atoms with Gasteiger partial charge in [0.05, 0.1) is 19.7 Å². The number of nitrogens with zero attached hydrogens (tertiary/aromatic N) is 2. The zero-order valence-electron chi connectivity index (χ0n) is 11.7. The van der Waals surface area contributed by atoms with Gasteiger partial charge in [-0.25, -0.2) is 9.97 Å². The largest absolute Gasteiger partial charge is 0.493 e. The number of methoxy groups -OCH3 is 2. The average molecular weight is 298 g/mol. The van der Waals surface area contributed by atoms with E-state index in [0.717, 1.165) is 20.8 Å². The summed E-state index contributed by atoms with van der Waals surface area (Å²) in [5.41, 5.74) is 0.834. The lowest BCUT2D eigenvalue weighted by Gasteiger charge is -2.10. The van der Waals surface area contributed by atoms with Crippen LogP contribution in [0.5, 0.6) is 11.5 Å². The summed E-state index contributed by atoms with van der Waals surface area (Å²) in [5.74, 6) is 1.34. The Morgan fingerprint density at radius 1 is 0.905 bits per heavy atom. The summed E-state index contributed by atoms with van der Waals surface area (Å²) in [6.07, 6.45) is 1.57. The van der Waals surface area contributed by atoms with Crippen LogP contribution in [0, 0.1) is 0 Å². The van der Waals surface area contributed by atoms with Crippen LogP contribution in [0.15, 0.2) is 58.7 Å². The van der Waals surface area contributed by atoms with E-state index in [9.17, 15) is 0 Å². The van der Waals surface area contributed by atoms with E-state index < -0.39 is 0 Å². The number of rotatable bonds is 4. The normalized spacial score (nSPS) is 10.6. The monoisotopic (exact) mass is 298 g/mol. The Morgan fingerprint density at radius 3 is 2.33 bits per heavy atom. The summed E-state index contributed by atoms with van der Waals surface area (Å²) in [5, 5.41) is 1.84. The molecule has 0 atom stereocenters. The van der Waals surface area contributed by atoms with Gasteiger partial charge in [0.1, 0.15) is 11.4 Å². The van der Waals surface area contributed by atoms with E-state index in [0.29, 0.717) is 11.5 Å². The first-order valence-electron chi connectivity index (χ1n) is 6.41. The third kappa shape index (κ3) is 2.78. The van der Waals surface area contributed by atoms with E-state index in [-0.39, 0.29) is 0 Å². The highest BCUT2D eigenvalue weighted by molar-refractivity contribution is 7.99. The lowest BCUT2D eigenvalue weighted by Crippen LogP contribution is -1.93. The molecule has 0 aliphatic carbocycles. The molecule has 0 saturated heterocycles. The fourth-order valence-electron chi connectivity index (χ4n) is 2.04. The highest BCUT2D eigenvalue weighted by Crippen LogP contribution is 2.36. The third-order valence-electron chi connectivity index (χ3n) is 3.06. The van der Waals surface area contributed by atoms with Gasteiger partial charge in [0.2, 0.25) is 0 Å². The number of benzene rings is 2. The van der Waals surface area contributed by atoms with Crippen LogP contribution in [0.1, 0.15) is 0 Å². The average Bonchev–Trinajstić information content (AvgIpc) is 2.55. The molecule has 0 fully saturated rings. The number of hydrogen-bond donors (Lipinski definition) is 0. The van der Waals surface area contributed by atoms with Gasteiger partial charge in [0.15, 0.2) is 11.5 Å². The standard InChI is InChI=1S/C16H14N2O2S/c1-19-14-8-12-13(9-15(14)20-2)17-10-18-16(12)21-11-6-4-3-5-7-11/h3-10H,1-2H3. The van der Waals surface area contributed by atoms with E-state index in [1.807, 2.05) is 30.3 Å². The third-order valence-corrected chi connectivity index (χ3v) is 4.09. The zero-order chi connectivity index (χ0) is 14.7. The smallest absolute Gasteiger partial charge is 0.162 e. The van der Waals surface area contributed by atoms with Crippen LogP contribution in [0.3, 0.4) is 0 Å². The zero-order valence-corrected chi connectivity index (χ0v) is 12.6. The van der Waals surface area contributed by atoms with Crippen molar-refractivity contribution in [3.05, 3.63) is 48.8 Å². The van der Waals surface area contributed by atoms with Gasteiger partial charge in [-0.1, -0.05) is 30.0 Å². The van der Waals surface area contributed by atoms with Crippen molar-refractivity contribution in [1.82, 2.24) is 9.97 Å². The van der Waals surface area contributed by atoms with Crippen LogP contribution in [0.2, 0.25) is 0 Å². The molecule has 0 spiro atoms. The summed E-state index contributed by atoms with van der Waals surface area (Å²) in [6, 6.07) is 13.9. The summed E-state index contributed by atoms with van der Waals surface area (Å²) in [7, 11) is 3.24. The van der Waals surface area contributed by atoms with Crippen molar-refractivity contribution in [1.29, 1.82) is 0 Å². The fraction of sp³-hybridized carbons (Fsp3) is 0.125. The Bertz CT molecular complexity index is 763. The summed E-state index contributed by atoms with van der Waals surface area (Å²) in [6.45, 7) is 0. The van der Waals surface area contributed by atoms with E-state index in [1.165, 1.54) is 0 Å². The number of aromatic nitrogens is 2. The fourth-order valence-corrected chi connectivity index (χ4v) is 2.93. The first kappa shape index (κ1) is 13.7. The second kappa shape index (κ2) is 6.01. The predicted molar refractivity (Wildman–Crippen MR) is 83.2 cm³/mol. The second-order valence-electron chi connectivity index (χ2n) is 4.32. The van der Waals surface area contributed by atoms with Gasteiger partial charge in [-0.2, -0.15) is 0 Å². The van der Waals surface area contributed by atoms with Gasteiger partial charge < -0.3 is 9.47 Å². The first-order valence-corrected chi connectivity index (χ1v) is 7.23. The van der Waals surface area contributed by atoms with Gasteiger partial charge in [-0.05, 0) is 18.2 Å². The van der Waals surface area contributed by atoms with Gasteiger partial charge >= 0.3 is 0 Å². The van der Waals surface area contributed by atoms with Crippen molar-refractivity contribution in [2.75, 3.05) is 14.2 Å². The summed E-state index contributed by atoms with van der Waals surface area (Å²) in [4.78, 5) is 9.83. The molecule has 0 bridgehead atoms. The lowest BCUT2D eigenvalue weighted by atomic mass is 10.2. The maximum absolute atomic E-state index is 5.36. The maximum atomic E-state index is 5.36. The summed E-state index contributed by atoms with van der Waals surface area (Å²) >= 11 is 1.60. The topological polar surface area (TPSA) is 44.2 Å². The Morgan fingerprint density at radius 2 is 1.62 bits per heavy atom. The van der Waals surface area contributed by atoms with Crippen molar-refractivity contribution < 1.29 is 9.47 Å². The molecule has 0 radical (unpaired) electrons. The molecule has 5 heteroatoms. The first-order chi connectivity index (χ1) is 10.3. The number of fused-ring (bicyclic) bond motifs is 1. The molecule has 0 aliphatic heterocycles. The van der Waals surface area contributed by atoms with E-state index >= 15 is 0 Å². The van der Waals surface area contributed by atoms with Gasteiger partial charge in [0, 0.05) is 16.3 Å². The molecule has 1 aromatic heterocycles. The molecule has 3 aromatic rings. The highest BCUT2D eigenvalue weighted by Gasteiger charge is 2.11. The van der Waals surface area contributed by atoms with Crippen LogP contribution >= 0.6 is 11.8 Å². The lowest BCUT2D eigenvalue weighted by molar-refractivity contribution is 0.355. The van der Waals surface area contributed by atoms with Gasteiger partial charge in [-0.3, -0.25) is 0 Å². The van der Waals surface area contributed by atoms with Crippen LogP contribution in [0.25, 0.3) is 10.9 Å². The van der Waals surface area contributed by atoms with E-state index in [2.05, 4.69) is 22.1 Å². The predicted octanol–water partition coefficient (Wildman–Crippen LogP) is 3.80. The number of ether oxygens (including phenoxy) is 2. The van der Waals surface area contributed by atoms with Crippen molar-refractivity contribution >= 4 is 22.7 Å². The molecule has 0 unspecified atom stereocenters. The molecule has 0 saturated carbocycles.